The lowest BCUT2D eigenvalue weighted by molar-refractivity contribution is 0.187. The summed E-state index contributed by atoms with van der Waals surface area (Å²) in [5, 5.41) is 0. The molecule has 0 fully saturated rings. The molecule has 3 aromatic rings. The van der Waals surface area contributed by atoms with Gasteiger partial charge in [0.1, 0.15) is 12.4 Å². The topological polar surface area (TPSA) is 12.5 Å². The monoisotopic (exact) mass is 331 g/mol. The molecule has 128 valence electrons. The summed E-state index contributed by atoms with van der Waals surface area (Å²) >= 11 is 0. The largest absolute Gasteiger partial charge is 0.492 e. The molecule has 0 aromatic heterocycles. The molecule has 0 saturated heterocycles. The first-order valence-corrected chi connectivity index (χ1v) is 8.69. The number of likely N-dealkylation sites (N-methyl/N-ethyl adjacent to an activating group) is 1. The van der Waals surface area contributed by atoms with Crippen molar-refractivity contribution in [1.29, 1.82) is 0 Å². The summed E-state index contributed by atoms with van der Waals surface area (Å²) in [5.41, 5.74) is 3.95. The maximum absolute atomic E-state index is 5.97. The van der Waals surface area contributed by atoms with E-state index in [-0.39, 0.29) is 6.04 Å². The molecule has 1 unspecified atom stereocenters. The van der Waals surface area contributed by atoms with Gasteiger partial charge in [0, 0.05) is 0 Å². The van der Waals surface area contributed by atoms with Gasteiger partial charge in [-0.3, -0.25) is 4.90 Å². The van der Waals surface area contributed by atoms with Crippen molar-refractivity contribution in [2.75, 3.05) is 20.7 Å². The second-order valence-corrected chi connectivity index (χ2v) is 6.51. The van der Waals surface area contributed by atoms with Crippen LogP contribution in [0.25, 0.3) is 0 Å². The average molecular weight is 331 g/mol. The zero-order valence-electron chi connectivity index (χ0n) is 14.9. The quantitative estimate of drug-likeness (QED) is 0.607. The van der Waals surface area contributed by atoms with Gasteiger partial charge < -0.3 is 4.74 Å². The lowest BCUT2D eigenvalue weighted by Crippen LogP contribution is -2.25. The standard InChI is InChI=1S/C23H25NO/c1-24(2)23(18-25-22-11-7-4-8-12-22)21-15-13-20(14-16-21)17-19-9-5-3-6-10-19/h3-16,23H,17-18H2,1-2H3. The highest BCUT2D eigenvalue weighted by Gasteiger charge is 2.15. The van der Waals surface area contributed by atoms with Gasteiger partial charge in [-0.2, -0.15) is 0 Å². The Morgan fingerprint density at radius 3 is 1.88 bits per heavy atom. The molecule has 0 aliphatic carbocycles. The fourth-order valence-corrected chi connectivity index (χ4v) is 2.92. The van der Waals surface area contributed by atoms with E-state index in [1.54, 1.807) is 0 Å². The van der Waals surface area contributed by atoms with E-state index in [9.17, 15) is 0 Å². The molecule has 0 amide bonds. The lowest BCUT2D eigenvalue weighted by atomic mass is 10.0. The molecule has 0 N–H and O–H groups in total. The highest BCUT2D eigenvalue weighted by atomic mass is 16.5. The Morgan fingerprint density at radius 2 is 1.28 bits per heavy atom. The molecule has 25 heavy (non-hydrogen) atoms. The summed E-state index contributed by atoms with van der Waals surface area (Å²) < 4.78 is 5.97. The Bertz CT molecular complexity index is 751. The summed E-state index contributed by atoms with van der Waals surface area (Å²) in [7, 11) is 4.19. The first-order valence-electron chi connectivity index (χ1n) is 8.69. The molecule has 0 radical (unpaired) electrons. The van der Waals surface area contributed by atoms with Crippen LogP contribution in [0.5, 0.6) is 5.75 Å². The van der Waals surface area contributed by atoms with Crippen LogP contribution in [0.15, 0.2) is 84.9 Å². The number of benzene rings is 3. The molecule has 0 aliphatic rings. The molecule has 0 saturated carbocycles. The van der Waals surface area contributed by atoms with Gasteiger partial charge in [-0.25, -0.2) is 0 Å². The van der Waals surface area contributed by atoms with Gasteiger partial charge in [0.05, 0.1) is 6.04 Å². The van der Waals surface area contributed by atoms with Crippen LogP contribution < -0.4 is 4.74 Å². The SMILES string of the molecule is CN(C)C(COc1ccccc1)c1ccc(Cc2ccccc2)cc1. The fourth-order valence-electron chi connectivity index (χ4n) is 2.92. The first kappa shape index (κ1) is 17.2. The Morgan fingerprint density at radius 1 is 0.720 bits per heavy atom. The van der Waals surface area contributed by atoms with Crippen LogP contribution in [0, 0.1) is 0 Å². The zero-order chi connectivity index (χ0) is 17.5. The van der Waals surface area contributed by atoms with Crippen molar-refractivity contribution in [1.82, 2.24) is 4.90 Å². The Hall–Kier alpha value is -2.58. The molecule has 0 heterocycles. The minimum absolute atomic E-state index is 0.228. The van der Waals surface area contributed by atoms with Crippen LogP contribution in [0.4, 0.5) is 0 Å². The van der Waals surface area contributed by atoms with E-state index in [2.05, 4.69) is 73.6 Å². The van der Waals surface area contributed by atoms with Crippen molar-refractivity contribution < 1.29 is 4.74 Å². The third-order valence-electron chi connectivity index (χ3n) is 4.39. The van der Waals surface area contributed by atoms with E-state index in [0.29, 0.717) is 6.61 Å². The van der Waals surface area contributed by atoms with Gasteiger partial charge in [0.2, 0.25) is 0 Å². The summed E-state index contributed by atoms with van der Waals surface area (Å²) in [4.78, 5) is 2.20. The van der Waals surface area contributed by atoms with E-state index in [1.165, 1.54) is 16.7 Å². The zero-order valence-corrected chi connectivity index (χ0v) is 14.9. The predicted octanol–water partition coefficient (Wildman–Crippen LogP) is 4.96. The maximum Gasteiger partial charge on any atom is 0.119 e. The fraction of sp³-hybridized carbons (Fsp3) is 0.217. The second-order valence-electron chi connectivity index (χ2n) is 6.51. The molecular weight excluding hydrogens is 306 g/mol. The lowest BCUT2D eigenvalue weighted by Gasteiger charge is -2.25. The summed E-state index contributed by atoms with van der Waals surface area (Å²) in [6.07, 6.45) is 0.967. The molecule has 0 spiro atoms. The van der Waals surface area contributed by atoms with Crippen LogP contribution in [0.1, 0.15) is 22.7 Å². The summed E-state index contributed by atoms with van der Waals surface area (Å²) in [6, 6.07) is 29.7. The minimum atomic E-state index is 0.228. The number of nitrogens with zero attached hydrogens (tertiary/aromatic N) is 1. The van der Waals surface area contributed by atoms with Crippen molar-refractivity contribution in [2.24, 2.45) is 0 Å². The second kappa shape index (κ2) is 8.50. The number of rotatable bonds is 7. The van der Waals surface area contributed by atoms with Crippen LogP contribution in [-0.2, 0) is 6.42 Å². The van der Waals surface area contributed by atoms with Crippen LogP contribution in [0.2, 0.25) is 0 Å². The van der Waals surface area contributed by atoms with Crippen molar-refractivity contribution in [3.8, 4) is 5.75 Å². The number of hydrogen-bond acceptors (Lipinski definition) is 2. The molecule has 0 aliphatic heterocycles. The highest BCUT2D eigenvalue weighted by molar-refractivity contribution is 5.30. The van der Waals surface area contributed by atoms with Gasteiger partial charge in [-0.1, -0.05) is 72.8 Å². The van der Waals surface area contributed by atoms with Gasteiger partial charge >= 0.3 is 0 Å². The van der Waals surface area contributed by atoms with Crippen LogP contribution in [-0.4, -0.2) is 25.6 Å². The predicted molar refractivity (Wildman–Crippen MR) is 104 cm³/mol. The molecule has 3 aromatic carbocycles. The van der Waals surface area contributed by atoms with E-state index in [1.807, 2.05) is 30.3 Å². The normalized spacial score (nSPS) is 12.1. The van der Waals surface area contributed by atoms with Gasteiger partial charge in [-0.05, 0) is 49.3 Å². The first-order chi connectivity index (χ1) is 12.2. The average Bonchev–Trinajstić information content (AvgIpc) is 2.65. The molecule has 3 rings (SSSR count). The molecule has 2 heteroatoms. The van der Waals surface area contributed by atoms with E-state index < -0.39 is 0 Å². The molecule has 1 atom stereocenters. The Kier molecular flexibility index (Phi) is 5.86. The number of ether oxygens (including phenoxy) is 1. The van der Waals surface area contributed by atoms with Gasteiger partial charge in [0.25, 0.3) is 0 Å². The van der Waals surface area contributed by atoms with Crippen molar-refractivity contribution >= 4 is 0 Å². The smallest absolute Gasteiger partial charge is 0.119 e. The van der Waals surface area contributed by atoms with Gasteiger partial charge in [0.15, 0.2) is 0 Å². The third kappa shape index (κ3) is 4.94. The Balaban J connectivity index is 1.67. The number of hydrogen-bond donors (Lipinski definition) is 0. The van der Waals surface area contributed by atoms with Crippen LogP contribution >= 0.6 is 0 Å². The maximum atomic E-state index is 5.97. The summed E-state index contributed by atoms with van der Waals surface area (Å²) in [6.45, 7) is 0.634. The molecule has 0 bridgehead atoms. The van der Waals surface area contributed by atoms with E-state index >= 15 is 0 Å². The van der Waals surface area contributed by atoms with E-state index in [0.717, 1.165) is 12.2 Å². The van der Waals surface area contributed by atoms with Crippen molar-refractivity contribution in [3.05, 3.63) is 102 Å². The minimum Gasteiger partial charge on any atom is -0.492 e. The van der Waals surface area contributed by atoms with Crippen molar-refractivity contribution in [3.63, 3.8) is 0 Å². The number of para-hydroxylation sites is 1. The van der Waals surface area contributed by atoms with Crippen molar-refractivity contribution in [2.45, 2.75) is 12.5 Å². The van der Waals surface area contributed by atoms with E-state index in [4.69, 9.17) is 4.74 Å². The molecular formula is C23H25NO. The highest BCUT2D eigenvalue weighted by Crippen LogP contribution is 2.21. The van der Waals surface area contributed by atoms with Crippen LogP contribution in [0.3, 0.4) is 0 Å². The summed E-state index contributed by atoms with van der Waals surface area (Å²) in [5.74, 6) is 0.912. The third-order valence-corrected chi connectivity index (χ3v) is 4.39. The van der Waals surface area contributed by atoms with Gasteiger partial charge in [-0.15, -0.1) is 0 Å². The Labute approximate surface area is 150 Å². The molecule has 2 nitrogen and oxygen atoms in total.